The third kappa shape index (κ3) is 4.78. The number of allylic oxidation sites excluding steroid dienone is 1. The molecule has 2 nitrogen and oxygen atoms in total. The van der Waals surface area contributed by atoms with Crippen LogP contribution in [0.4, 0.5) is 0 Å². The number of nitrogens with one attached hydrogen (secondary N) is 1. The zero-order valence-electron chi connectivity index (χ0n) is 13.4. The Morgan fingerprint density at radius 1 is 1.40 bits per heavy atom. The van der Waals surface area contributed by atoms with Crippen molar-refractivity contribution in [3.63, 3.8) is 0 Å². The maximum atomic E-state index is 6.19. The first-order valence-electron chi connectivity index (χ1n) is 8.23. The van der Waals surface area contributed by atoms with Gasteiger partial charge in [-0.15, -0.1) is 0 Å². The molecule has 3 heteroatoms. The first-order chi connectivity index (χ1) is 9.61. The number of hydrogen-bond donors (Lipinski definition) is 1. The van der Waals surface area contributed by atoms with Crippen LogP contribution in [0.15, 0.2) is 11.6 Å². The van der Waals surface area contributed by atoms with Crippen molar-refractivity contribution in [2.45, 2.75) is 64.5 Å². The Balaban J connectivity index is 1.83. The molecule has 2 rings (SSSR count). The Bertz CT molecular complexity index is 315. The van der Waals surface area contributed by atoms with Crippen LogP contribution >= 0.6 is 11.8 Å². The SMILES string of the molecule is C/C(=C/CCNC(C)C)C1CCOC2(CCSCC2)C1. The smallest absolute Gasteiger partial charge is 0.0704 e. The van der Waals surface area contributed by atoms with Crippen LogP contribution < -0.4 is 5.32 Å². The van der Waals surface area contributed by atoms with E-state index in [-0.39, 0.29) is 5.60 Å². The molecule has 2 aliphatic rings. The van der Waals surface area contributed by atoms with E-state index in [0.717, 1.165) is 25.5 Å². The molecule has 2 aliphatic heterocycles. The van der Waals surface area contributed by atoms with Crippen molar-refractivity contribution in [3.8, 4) is 0 Å². The molecule has 0 bridgehead atoms. The van der Waals surface area contributed by atoms with E-state index in [1.807, 2.05) is 0 Å². The van der Waals surface area contributed by atoms with Gasteiger partial charge in [0.1, 0.15) is 0 Å². The Labute approximate surface area is 129 Å². The van der Waals surface area contributed by atoms with Gasteiger partial charge in [0.05, 0.1) is 5.60 Å². The van der Waals surface area contributed by atoms with E-state index < -0.39 is 0 Å². The summed E-state index contributed by atoms with van der Waals surface area (Å²) < 4.78 is 6.19. The lowest BCUT2D eigenvalue weighted by Gasteiger charge is -2.43. The highest BCUT2D eigenvalue weighted by molar-refractivity contribution is 7.99. The summed E-state index contributed by atoms with van der Waals surface area (Å²) >= 11 is 2.09. The van der Waals surface area contributed by atoms with Gasteiger partial charge in [-0.25, -0.2) is 0 Å². The van der Waals surface area contributed by atoms with Gasteiger partial charge in [-0.3, -0.25) is 0 Å². The van der Waals surface area contributed by atoms with Gasteiger partial charge in [0, 0.05) is 12.6 Å². The van der Waals surface area contributed by atoms with Crippen molar-refractivity contribution >= 4 is 11.8 Å². The highest BCUT2D eigenvalue weighted by atomic mass is 32.2. The molecule has 0 aromatic rings. The summed E-state index contributed by atoms with van der Waals surface area (Å²) in [6, 6.07) is 0.592. The largest absolute Gasteiger partial charge is 0.375 e. The summed E-state index contributed by atoms with van der Waals surface area (Å²) in [4.78, 5) is 0. The minimum absolute atomic E-state index is 0.222. The number of thioether (sulfide) groups is 1. The van der Waals surface area contributed by atoms with Gasteiger partial charge in [0.15, 0.2) is 0 Å². The second kappa shape index (κ2) is 7.86. The van der Waals surface area contributed by atoms with Gasteiger partial charge >= 0.3 is 0 Å². The summed E-state index contributed by atoms with van der Waals surface area (Å²) in [5, 5.41) is 3.49. The van der Waals surface area contributed by atoms with Gasteiger partial charge in [0.25, 0.3) is 0 Å². The molecule has 2 heterocycles. The van der Waals surface area contributed by atoms with Crippen LogP contribution in [0.3, 0.4) is 0 Å². The van der Waals surface area contributed by atoms with E-state index in [1.54, 1.807) is 5.57 Å². The number of hydrogen-bond acceptors (Lipinski definition) is 3. The highest BCUT2D eigenvalue weighted by Crippen LogP contribution is 2.41. The third-order valence-electron chi connectivity index (χ3n) is 4.70. The average molecular weight is 298 g/mol. The standard InChI is InChI=1S/C17H31NOS/c1-14(2)18-9-4-5-15(3)16-6-10-19-17(13-16)7-11-20-12-8-17/h5,14,16,18H,4,6-13H2,1-3H3/b15-5-. The topological polar surface area (TPSA) is 21.3 Å². The highest BCUT2D eigenvalue weighted by Gasteiger charge is 2.38. The van der Waals surface area contributed by atoms with Crippen molar-refractivity contribution in [2.75, 3.05) is 24.7 Å². The van der Waals surface area contributed by atoms with Gasteiger partial charge in [-0.2, -0.15) is 11.8 Å². The lowest BCUT2D eigenvalue weighted by atomic mass is 9.79. The quantitative estimate of drug-likeness (QED) is 0.612. The second-order valence-electron chi connectivity index (χ2n) is 6.68. The normalized spacial score (nSPS) is 27.2. The fourth-order valence-corrected chi connectivity index (χ4v) is 4.58. The Morgan fingerprint density at radius 3 is 2.85 bits per heavy atom. The first-order valence-corrected chi connectivity index (χ1v) is 9.38. The zero-order chi connectivity index (χ0) is 14.4. The van der Waals surface area contributed by atoms with Crippen LogP contribution in [0.25, 0.3) is 0 Å². The predicted octanol–water partition coefficient (Wildman–Crippen LogP) is 4.01. The van der Waals surface area contributed by atoms with E-state index in [4.69, 9.17) is 4.74 Å². The molecule has 1 atom stereocenters. The Morgan fingerprint density at radius 2 is 2.15 bits per heavy atom. The molecule has 1 unspecified atom stereocenters. The molecule has 0 saturated carbocycles. The molecular formula is C17H31NOS. The van der Waals surface area contributed by atoms with Crippen molar-refractivity contribution in [1.82, 2.24) is 5.32 Å². The molecule has 0 aromatic carbocycles. The van der Waals surface area contributed by atoms with Gasteiger partial charge in [-0.1, -0.05) is 25.5 Å². The summed E-state index contributed by atoms with van der Waals surface area (Å²) in [6.07, 6.45) is 8.61. The minimum atomic E-state index is 0.222. The maximum Gasteiger partial charge on any atom is 0.0704 e. The van der Waals surface area contributed by atoms with Gasteiger partial charge in [-0.05, 0) is 63.0 Å². The van der Waals surface area contributed by atoms with Crippen LogP contribution in [0.5, 0.6) is 0 Å². The van der Waals surface area contributed by atoms with Gasteiger partial charge in [0.2, 0.25) is 0 Å². The zero-order valence-corrected chi connectivity index (χ0v) is 14.2. The van der Waals surface area contributed by atoms with Crippen molar-refractivity contribution in [3.05, 3.63) is 11.6 Å². The summed E-state index contributed by atoms with van der Waals surface area (Å²) in [7, 11) is 0. The summed E-state index contributed by atoms with van der Waals surface area (Å²) in [5.74, 6) is 3.33. The molecule has 0 radical (unpaired) electrons. The Kier molecular flexibility index (Phi) is 6.44. The molecule has 0 aliphatic carbocycles. The maximum absolute atomic E-state index is 6.19. The summed E-state index contributed by atoms with van der Waals surface area (Å²) in [5.41, 5.74) is 1.82. The minimum Gasteiger partial charge on any atom is -0.375 e. The molecule has 2 saturated heterocycles. The van der Waals surface area contributed by atoms with Crippen molar-refractivity contribution < 1.29 is 4.74 Å². The van der Waals surface area contributed by atoms with Crippen LogP contribution in [-0.4, -0.2) is 36.3 Å². The van der Waals surface area contributed by atoms with E-state index in [0.29, 0.717) is 6.04 Å². The molecule has 2 fully saturated rings. The molecule has 1 spiro atoms. The molecular weight excluding hydrogens is 266 g/mol. The van der Waals surface area contributed by atoms with Crippen LogP contribution in [0.1, 0.15) is 52.9 Å². The lowest BCUT2D eigenvalue weighted by Crippen LogP contribution is -2.43. The number of rotatable bonds is 5. The fourth-order valence-electron chi connectivity index (χ4n) is 3.35. The molecule has 0 amide bonds. The summed E-state index contributed by atoms with van der Waals surface area (Å²) in [6.45, 7) is 8.81. The fraction of sp³-hybridized carbons (Fsp3) is 0.882. The average Bonchev–Trinajstić information content (AvgIpc) is 2.44. The van der Waals surface area contributed by atoms with Crippen LogP contribution in [-0.2, 0) is 4.74 Å². The van der Waals surface area contributed by atoms with E-state index in [2.05, 4.69) is 43.9 Å². The van der Waals surface area contributed by atoms with Crippen LogP contribution in [0, 0.1) is 5.92 Å². The number of ether oxygens (including phenoxy) is 1. The van der Waals surface area contributed by atoms with Crippen molar-refractivity contribution in [2.24, 2.45) is 5.92 Å². The van der Waals surface area contributed by atoms with Crippen LogP contribution in [0.2, 0.25) is 0 Å². The van der Waals surface area contributed by atoms with E-state index in [1.165, 1.54) is 37.2 Å². The monoisotopic (exact) mass is 297 g/mol. The third-order valence-corrected chi connectivity index (χ3v) is 5.69. The molecule has 20 heavy (non-hydrogen) atoms. The molecule has 116 valence electrons. The first kappa shape index (κ1) is 16.4. The second-order valence-corrected chi connectivity index (χ2v) is 7.90. The molecule has 0 aromatic heterocycles. The van der Waals surface area contributed by atoms with Gasteiger partial charge < -0.3 is 10.1 Å². The predicted molar refractivity (Wildman–Crippen MR) is 89.5 cm³/mol. The Hall–Kier alpha value is 0.0100. The van der Waals surface area contributed by atoms with E-state index >= 15 is 0 Å². The lowest BCUT2D eigenvalue weighted by molar-refractivity contribution is -0.0965. The van der Waals surface area contributed by atoms with E-state index in [9.17, 15) is 0 Å². The van der Waals surface area contributed by atoms with Crippen molar-refractivity contribution in [1.29, 1.82) is 0 Å². The molecule has 1 N–H and O–H groups in total.